The highest BCUT2D eigenvalue weighted by Crippen LogP contribution is 2.48. The Hall–Kier alpha value is -2.21. The molecule has 0 radical (unpaired) electrons. The van der Waals surface area contributed by atoms with Gasteiger partial charge in [-0.25, -0.2) is 9.78 Å². The van der Waals surface area contributed by atoms with Crippen LogP contribution in [0.25, 0.3) is 11.3 Å². The van der Waals surface area contributed by atoms with Gasteiger partial charge in [0.2, 0.25) is 5.91 Å². The van der Waals surface area contributed by atoms with Crippen LogP contribution in [-0.4, -0.2) is 23.5 Å². The monoisotopic (exact) mass is 370 g/mol. The molecule has 1 aromatic heterocycles. The van der Waals surface area contributed by atoms with E-state index in [-0.39, 0.29) is 11.8 Å². The number of ether oxygens (including phenoxy) is 1. The minimum atomic E-state index is -0.399. The molecule has 1 N–H and O–H groups in total. The lowest BCUT2D eigenvalue weighted by Crippen LogP contribution is -2.27. The van der Waals surface area contributed by atoms with Gasteiger partial charge in [0.05, 0.1) is 12.3 Å². The Bertz CT molecular complexity index is 818. The van der Waals surface area contributed by atoms with Gasteiger partial charge in [-0.2, -0.15) is 0 Å². The van der Waals surface area contributed by atoms with Crippen LogP contribution in [0.4, 0.5) is 5.13 Å². The van der Waals surface area contributed by atoms with Crippen molar-refractivity contribution in [3.05, 3.63) is 35.2 Å². The molecule has 1 amide bonds. The Kier molecular flexibility index (Phi) is 4.76. The van der Waals surface area contributed by atoms with Crippen molar-refractivity contribution in [3.8, 4) is 11.3 Å². The molecule has 2 aliphatic rings. The fourth-order valence-electron chi connectivity index (χ4n) is 4.26. The Morgan fingerprint density at radius 1 is 1.23 bits per heavy atom. The highest BCUT2D eigenvalue weighted by molar-refractivity contribution is 7.18. The van der Waals surface area contributed by atoms with Crippen LogP contribution < -0.4 is 5.32 Å². The lowest BCUT2D eigenvalue weighted by atomic mass is 9.88. The van der Waals surface area contributed by atoms with Crippen LogP contribution in [0.1, 0.15) is 42.3 Å². The summed E-state index contributed by atoms with van der Waals surface area (Å²) in [4.78, 5) is 30.0. The maximum atomic E-state index is 12.7. The van der Waals surface area contributed by atoms with Gasteiger partial charge < -0.3 is 10.1 Å². The molecule has 2 fully saturated rings. The standard InChI is InChI=1S/C20H22N2O3S/c1-2-25-19(24)17-16(13-6-4-3-5-7-13)21-20(26-17)22-18(23)15-11-12-8-9-14(15)10-12/h3-7,12,14-15H,2,8-11H2,1H3,(H,21,22,23). The molecule has 136 valence electrons. The number of amides is 1. The zero-order valence-electron chi connectivity index (χ0n) is 14.7. The lowest BCUT2D eigenvalue weighted by Gasteiger charge is -2.19. The molecule has 3 atom stereocenters. The molecule has 26 heavy (non-hydrogen) atoms. The predicted octanol–water partition coefficient (Wildman–Crippen LogP) is 4.36. The number of rotatable bonds is 5. The van der Waals surface area contributed by atoms with Crippen molar-refractivity contribution in [3.63, 3.8) is 0 Å². The molecule has 0 saturated heterocycles. The largest absolute Gasteiger partial charge is 0.462 e. The SMILES string of the molecule is CCOC(=O)c1sc(NC(=O)C2CC3CCC2C3)nc1-c1ccccc1. The van der Waals surface area contributed by atoms with Gasteiger partial charge in [0.25, 0.3) is 0 Å². The molecule has 0 aliphatic heterocycles. The zero-order valence-corrected chi connectivity index (χ0v) is 15.6. The third kappa shape index (κ3) is 3.26. The second-order valence-electron chi connectivity index (χ2n) is 7.05. The van der Waals surface area contributed by atoms with E-state index in [1.165, 1.54) is 24.2 Å². The Morgan fingerprint density at radius 3 is 2.69 bits per heavy atom. The first kappa shape index (κ1) is 17.2. The van der Waals surface area contributed by atoms with Crippen LogP contribution in [0.3, 0.4) is 0 Å². The van der Waals surface area contributed by atoms with Gasteiger partial charge >= 0.3 is 5.97 Å². The van der Waals surface area contributed by atoms with Gasteiger partial charge in [-0.1, -0.05) is 48.1 Å². The number of hydrogen-bond acceptors (Lipinski definition) is 5. The number of benzene rings is 1. The van der Waals surface area contributed by atoms with Crippen LogP contribution in [0, 0.1) is 17.8 Å². The van der Waals surface area contributed by atoms with Crippen LogP contribution in [0.15, 0.2) is 30.3 Å². The summed E-state index contributed by atoms with van der Waals surface area (Å²) in [6.45, 7) is 2.08. The average Bonchev–Trinajstić information content (AvgIpc) is 3.38. The predicted molar refractivity (Wildman–Crippen MR) is 101 cm³/mol. The number of aromatic nitrogens is 1. The van der Waals surface area contributed by atoms with E-state index in [2.05, 4.69) is 10.3 Å². The molecule has 2 bridgehead atoms. The van der Waals surface area contributed by atoms with Gasteiger partial charge in [0.1, 0.15) is 4.88 Å². The maximum Gasteiger partial charge on any atom is 0.350 e. The number of thiazole rings is 1. The summed E-state index contributed by atoms with van der Waals surface area (Å²) in [5, 5.41) is 3.43. The number of esters is 1. The molecule has 1 aromatic carbocycles. The van der Waals surface area contributed by atoms with E-state index in [9.17, 15) is 9.59 Å². The van der Waals surface area contributed by atoms with E-state index in [0.717, 1.165) is 18.4 Å². The fourth-order valence-corrected chi connectivity index (χ4v) is 5.15. The summed E-state index contributed by atoms with van der Waals surface area (Å²) >= 11 is 1.19. The number of nitrogens with zero attached hydrogens (tertiary/aromatic N) is 1. The smallest absolute Gasteiger partial charge is 0.350 e. The van der Waals surface area contributed by atoms with Crippen LogP contribution in [-0.2, 0) is 9.53 Å². The van der Waals surface area contributed by atoms with Gasteiger partial charge in [-0.05, 0) is 38.0 Å². The Labute approximate surface area is 156 Å². The van der Waals surface area contributed by atoms with Crippen molar-refractivity contribution >= 4 is 28.3 Å². The van der Waals surface area contributed by atoms with Gasteiger partial charge in [0, 0.05) is 11.5 Å². The second kappa shape index (κ2) is 7.19. The van der Waals surface area contributed by atoms with E-state index in [0.29, 0.717) is 34.1 Å². The molecule has 2 saturated carbocycles. The van der Waals surface area contributed by atoms with E-state index in [4.69, 9.17) is 4.74 Å². The number of nitrogens with one attached hydrogen (secondary N) is 1. The third-order valence-electron chi connectivity index (χ3n) is 5.44. The van der Waals surface area contributed by atoms with Crippen LogP contribution >= 0.6 is 11.3 Å². The first-order valence-electron chi connectivity index (χ1n) is 9.20. The second-order valence-corrected chi connectivity index (χ2v) is 8.05. The molecule has 0 spiro atoms. The van der Waals surface area contributed by atoms with Gasteiger partial charge in [-0.15, -0.1) is 0 Å². The summed E-state index contributed by atoms with van der Waals surface area (Å²) < 4.78 is 5.17. The van der Waals surface area contributed by atoms with Crippen molar-refractivity contribution in [1.29, 1.82) is 0 Å². The summed E-state index contributed by atoms with van der Waals surface area (Å²) in [6.07, 6.45) is 4.58. The Morgan fingerprint density at radius 2 is 2.04 bits per heavy atom. The number of hydrogen-bond donors (Lipinski definition) is 1. The van der Waals surface area contributed by atoms with E-state index >= 15 is 0 Å². The van der Waals surface area contributed by atoms with E-state index < -0.39 is 5.97 Å². The molecular weight excluding hydrogens is 348 g/mol. The normalized spacial score (nSPS) is 23.8. The molecule has 2 aromatic rings. The zero-order chi connectivity index (χ0) is 18.1. The highest BCUT2D eigenvalue weighted by atomic mass is 32.1. The minimum absolute atomic E-state index is 0.0426. The van der Waals surface area contributed by atoms with E-state index in [1.54, 1.807) is 6.92 Å². The molecule has 2 aliphatic carbocycles. The first-order valence-corrected chi connectivity index (χ1v) is 10.0. The van der Waals surface area contributed by atoms with E-state index in [1.807, 2.05) is 30.3 Å². The quantitative estimate of drug-likeness (QED) is 0.794. The first-order chi connectivity index (χ1) is 12.7. The summed E-state index contributed by atoms with van der Waals surface area (Å²) in [7, 11) is 0. The molecular formula is C20H22N2O3S. The van der Waals surface area contributed by atoms with Gasteiger partial charge in [-0.3, -0.25) is 4.79 Å². The number of fused-ring (bicyclic) bond motifs is 2. The van der Waals surface area contributed by atoms with Crippen LogP contribution in [0.2, 0.25) is 0 Å². The number of anilines is 1. The summed E-state index contributed by atoms with van der Waals surface area (Å²) in [6, 6.07) is 9.52. The minimum Gasteiger partial charge on any atom is -0.462 e. The number of carbonyl (C=O) groups excluding carboxylic acids is 2. The van der Waals surface area contributed by atoms with Crippen LogP contribution in [0.5, 0.6) is 0 Å². The topological polar surface area (TPSA) is 68.3 Å². The molecule has 1 heterocycles. The summed E-state index contributed by atoms with van der Waals surface area (Å²) in [5.74, 6) is 0.953. The van der Waals surface area contributed by atoms with Gasteiger partial charge in [0.15, 0.2) is 5.13 Å². The molecule has 6 heteroatoms. The van der Waals surface area contributed by atoms with Crippen molar-refractivity contribution in [2.75, 3.05) is 11.9 Å². The van der Waals surface area contributed by atoms with Crippen molar-refractivity contribution < 1.29 is 14.3 Å². The highest BCUT2D eigenvalue weighted by Gasteiger charge is 2.43. The van der Waals surface area contributed by atoms with Crippen molar-refractivity contribution in [1.82, 2.24) is 4.98 Å². The third-order valence-corrected chi connectivity index (χ3v) is 6.39. The Balaban J connectivity index is 1.58. The molecule has 4 rings (SSSR count). The lowest BCUT2D eigenvalue weighted by molar-refractivity contribution is -0.121. The molecule has 3 unspecified atom stereocenters. The average molecular weight is 370 g/mol. The maximum absolute atomic E-state index is 12.7. The number of carbonyl (C=O) groups is 2. The van der Waals surface area contributed by atoms with Crippen molar-refractivity contribution in [2.45, 2.75) is 32.6 Å². The fraction of sp³-hybridized carbons (Fsp3) is 0.450. The van der Waals surface area contributed by atoms with Crippen molar-refractivity contribution in [2.24, 2.45) is 17.8 Å². The molecule has 5 nitrogen and oxygen atoms in total. The summed E-state index contributed by atoms with van der Waals surface area (Å²) in [5.41, 5.74) is 1.41.